The minimum atomic E-state index is -4.46. The maximum Gasteiger partial charge on any atom is 0.416 e. The molecule has 1 aliphatic rings. The standard InChI is InChI=1S/C18H15BrF3N3OS/c1-10(12-5-3-4-6-13(12)18(20,21)22)24-16-25-15(26)17(2,27-16)11-7-8-23-14(19)9-11/h3-10H,1-2H3,(H,24,25,26)/t10-,17?/m0/s1. The predicted molar refractivity (Wildman–Crippen MR) is 102 cm³/mol. The van der Waals surface area contributed by atoms with Gasteiger partial charge < -0.3 is 5.32 Å². The van der Waals surface area contributed by atoms with Crippen LogP contribution in [0.5, 0.6) is 0 Å². The van der Waals surface area contributed by atoms with E-state index in [1.165, 1.54) is 23.9 Å². The van der Waals surface area contributed by atoms with Gasteiger partial charge in [-0.1, -0.05) is 30.0 Å². The van der Waals surface area contributed by atoms with Crippen molar-refractivity contribution in [2.45, 2.75) is 30.8 Å². The molecule has 1 saturated heterocycles. The van der Waals surface area contributed by atoms with E-state index in [9.17, 15) is 18.0 Å². The highest BCUT2D eigenvalue weighted by atomic mass is 79.9. The minimum Gasteiger partial charge on any atom is -0.304 e. The molecule has 1 unspecified atom stereocenters. The SMILES string of the molecule is C[C@H](N=C1NC(=O)C(C)(c2ccnc(Br)c2)S1)c1ccccc1C(F)(F)F. The van der Waals surface area contributed by atoms with Gasteiger partial charge >= 0.3 is 6.18 Å². The highest BCUT2D eigenvalue weighted by molar-refractivity contribution is 9.10. The summed E-state index contributed by atoms with van der Waals surface area (Å²) in [6, 6.07) is 8.01. The first-order chi connectivity index (χ1) is 12.6. The Kier molecular flexibility index (Phi) is 5.36. The number of carbonyl (C=O) groups excluding carboxylic acids is 1. The van der Waals surface area contributed by atoms with Gasteiger partial charge in [0.15, 0.2) is 5.17 Å². The lowest BCUT2D eigenvalue weighted by molar-refractivity contribution is -0.138. The number of halogens is 4. The molecule has 2 heterocycles. The van der Waals surface area contributed by atoms with Crippen molar-refractivity contribution in [3.63, 3.8) is 0 Å². The van der Waals surface area contributed by atoms with Crippen LogP contribution in [0.25, 0.3) is 0 Å². The lowest BCUT2D eigenvalue weighted by Gasteiger charge is -2.19. The second-order valence-electron chi connectivity index (χ2n) is 6.15. The molecular formula is C18H15BrF3N3OS. The molecule has 3 rings (SSSR count). The Bertz CT molecular complexity index is 919. The van der Waals surface area contributed by atoms with Crippen LogP contribution in [0.2, 0.25) is 0 Å². The van der Waals surface area contributed by atoms with Gasteiger partial charge in [-0.15, -0.1) is 0 Å². The fraction of sp³-hybridized carbons (Fsp3) is 0.278. The number of hydrogen-bond donors (Lipinski definition) is 1. The van der Waals surface area contributed by atoms with E-state index in [-0.39, 0.29) is 11.5 Å². The van der Waals surface area contributed by atoms with E-state index in [2.05, 4.69) is 31.2 Å². The molecule has 2 aromatic rings. The van der Waals surface area contributed by atoms with E-state index < -0.39 is 22.5 Å². The fourth-order valence-corrected chi connectivity index (χ4v) is 4.29. The lowest BCUT2D eigenvalue weighted by atomic mass is 10.0. The number of aliphatic imine (C=N–C) groups is 1. The maximum atomic E-state index is 13.2. The van der Waals surface area contributed by atoms with Crippen molar-refractivity contribution in [3.05, 3.63) is 63.9 Å². The zero-order chi connectivity index (χ0) is 19.8. The van der Waals surface area contributed by atoms with Gasteiger partial charge in [0.1, 0.15) is 9.35 Å². The number of amidine groups is 1. The van der Waals surface area contributed by atoms with Crippen LogP contribution in [-0.4, -0.2) is 16.1 Å². The molecule has 1 aromatic carbocycles. The molecule has 142 valence electrons. The maximum absolute atomic E-state index is 13.2. The smallest absolute Gasteiger partial charge is 0.304 e. The Morgan fingerprint density at radius 2 is 2.00 bits per heavy atom. The first kappa shape index (κ1) is 19.9. The summed E-state index contributed by atoms with van der Waals surface area (Å²) in [5.41, 5.74) is 0.0602. The second-order valence-corrected chi connectivity index (χ2v) is 8.37. The van der Waals surface area contributed by atoms with Gasteiger partial charge in [-0.3, -0.25) is 9.79 Å². The van der Waals surface area contributed by atoms with Gasteiger partial charge in [-0.25, -0.2) is 4.98 Å². The number of aromatic nitrogens is 1. The van der Waals surface area contributed by atoms with Crippen molar-refractivity contribution >= 4 is 38.8 Å². The van der Waals surface area contributed by atoms with E-state index >= 15 is 0 Å². The summed E-state index contributed by atoms with van der Waals surface area (Å²) in [6.07, 6.45) is -2.88. The van der Waals surface area contributed by atoms with E-state index in [4.69, 9.17) is 0 Å². The lowest BCUT2D eigenvalue weighted by Crippen LogP contribution is -2.31. The van der Waals surface area contributed by atoms with Crippen molar-refractivity contribution in [3.8, 4) is 0 Å². The zero-order valence-corrected chi connectivity index (χ0v) is 16.7. The Morgan fingerprint density at radius 3 is 2.67 bits per heavy atom. The number of benzene rings is 1. The average molecular weight is 458 g/mol. The van der Waals surface area contributed by atoms with Gasteiger partial charge in [-0.05, 0) is 59.1 Å². The number of pyridine rings is 1. The molecule has 1 aromatic heterocycles. The number of alkyl halides is 3. The summed E-state index contributed by atoms with van der Waals surface area (Å²) in [5.74, 6) is -0.277. The highest BCUT2D eigenvalue weighted by Gasteiger charge is 2.44. The van der Waals surface area contributed by atoms with E-state index in [0.29, 0.717) is 9.77 Å². The van der Waals surface area contributed by atoms with E-state index in [1.807, 2.05) is 0 Å². The molecule has 0 spiro atoms. The number of nitrogens with one attached hydrogen (secondary N) is 1. The van der Waals surface area contributed by atoms with Gasteiger partial charge in [-0.2, -0.15) is 13.2 Å². The topological polar surface area (TPSA) is 54.4 Å². The Balaban J connectivity index is 1.91. The molecule has 2 atom stereocenters. The average Bonchev–Trinajstić information content (AvgIpc) is 2.89. The third-order valence-corrected chi connectivity index (χ3v) is 5.92. The number of carbonyl (C=O) groups is 1. The number of hydrogen-bond acceptors (Lipinski definition) is 4. The van der Waals surface area contributed by atoms with Crippen LogP contribution in [0.3, 0.4) is 0 Å². The van der Waals surface area contributed by atoms with Crippen LogP contribution in [0, 0.1) is 0 Å². The molecule has 4 nitrogen and oxygen atoms in total. The Morgan fingerprint density at radius 1 is 1.30 bits per heavy atom. The van der Waals surface area contributed by atoms with E-state index in [1.54, 1.807) is 38.2 Å². The van der Waals surface area contributed by atoms with Crippen LogP contribution >= 0.6 is 27.7 Å². The number of rotatable bonds is 3. The minimum absolute atomic E-state index is 0.0626. The normalized spacial score (nSPS) is 22.7. The molecular weight excluding hydrogens is 443 g/mol. The van der Waals surface area contributed by atoms with E-state index in [0.717, 1.165) is 11.6 Å². The molecule has 1 fully saturated rings. The van der Waals surface area contributed by atoms with Crippen LogP contribution in [0.15, 0.2) is 52.2 Å². The van der Waals surface area contributed by atoms with Crippen molar-refractivity contribution < 1.29 is 18.0 Å². The number of thioether (sulfide) groups is 1. The summed E-state index contributed by atoms with van der Waals surface area (Å²) in [6.45, 7) is 3.31. The molecule has 1 amide bonds. The summed E-state index contributed by atoms with van der Waals surface area (Å²) in [4.78, 5) is 20.9. The fourth-order valence-electron chi connectivity index (χ4n) is 2.79. The largest absolute Gasteiger partial charge is 0.416 e. The van der Waals surface area contributed by atoms with Crippen molar-refractivity contribution in [1.29, 1.82) is 0 Å². The summed E-state index contributed by atoms with van der Waals surface area (Å²) in [5, 5.41) is 2.97. The Hall–Kier alpha value is -1.87. The van der Waals surface area contributed by atoms with Gasteiger partial charge in [0.2, 0.25) is 5.91 Å². The van der Waals surface area contributed by atoms with Gasteiger partial charge in [0, 0.05) is 6.20 Å². The first-order valence-corrected chi connectivity index (χ1v) is 9.58. The van der Waals surface area contributed by atoms with Crippen LogP contribution in [-0.2, 0) is 15.7 Å². The van der Waals surface area contributed by atoms with Crippen LogP contribution in [0.4, 0.5) is 13.2 Å². The molecule has 0 saturated carbocycles. The molecule has 9 heteroatoms. The zero-order valence-electron chi connectivity index (χ0n) is 14.3. The Labute approximate surface area is 166 Å². The van der Waals surface area contributed by atoms with Crippen molar-refractivity contribution in [2.75, 3.05) is 0 Å². The number of nitrogens with zero attached hydrogens (tertiary/aromatic N) is 2. The van der Waals surface area contributed by atoms with Crippen LogP contribution < -0.4 is 5.32 Å². The van der Waals surface area contributed by atoms with Gasteiger partial charge in [0.05, 0.1) is 11.6 Å². The third-order valence-electron chi connectivity index (χ3n) is 4.26. The first-order valence-electron chi connectivity index (χ1n) is 7.97. The number of amides is 1. The summed E-state index contributed by atoms with van der Waals surface area (Å²) >= 11 is 4.46. The highest BCUT2D eigenvalue weighted by Crippen LogP contribution is 2.42. The summed E-state index contributed by atoms with van der Waals surface area (Å²) < 4.78 is 39.4. The molecule has 0 radical (unpaired) electrons. The van der Waals surface area contributed by atoms with Crippen molar-refractivity contribution in [2.24, 2.45) is 4.99 Å². The molecule has 1 aliphatic heterocycles. The molecule has 0 bridgehead atoms. The van der Waals surface area contributed by atoms with Crippen LogP contribution in [0.1, 0.15) is 36.6 Å². The van der Waals surface area contributed by atoms with Crippen molar-refractivity contribution in [1.82, 2.24) is 10.3 Å². The quantitative estimate of drug-likeness (QED) is 0.655. The molecule has 27 heavy (non-hydrogen) atoms. The molecule has 0 aliphatic carbocycles. The monoisotopic (exact) mass is 457 g/mol. The summed E-state index contributed by atoms with van der Waals surface area (Å²) in [7, 11) is 0. The van der Waals surface area contributed by atoms with Gasteiger partial charge in [0.25, 0.3) is 0 Å². The molecule has 1 N–H and O–H groups in total. The second kappa shape index (κ2) is 7.27. The predicted octanol–water partition coefficient (Wildman–Crippen LogP) is 5.06. The third kappa shape index (κ3) is 4.03.